The molecule has 26 heavy (non-hydrogen) atoms. The number of benzene rings is 2. The third-order valence-electron chi connectivity index (χ3n) is 3.95. The zero-order valence-corrected chi connectivity index (χ0v) is 14.3. The molecule has 0 radical (unpaired) electrons. The van der Waals surface area contributed by atoms with E-state index in [-0.39, 0.29) is 6.42 Å². The molecule has 2 aromatic carbocycles. The van der Waals surface area contributed by atoms with Crippen LogP contribution in [0.3, 0.4) is 0 Å². The molecule has 0 aliphatic carbocycles. The average molecular weight is 359 g/mol. The molecule has 3 N–H and O–H groups in total. The number of amides is 1. The maximum atomic E-state index is 11.8. The third kappa shape index (κ3) is 4.52. The van der Waals surface area contributed by atoms with Crippen LogP contribution >= 0.6 is 0 Å². The highest BCUT2D eigenvalue weighted by atomic mass is 16.5. The van der Waals surface area contributed by atoms with Gasteiger partial charge < -0.3 is 25.0 Å². The molecule has 0 saturated carbocycles. The lowest BCUT2D eigenvalue weighted by molar-refractivity contribution is -0.146. The van der Waals surface area contributed by atoms with Gasteiger partial charge in [-0.2, -0.15) is 0 Å². The topological polar surface area (TPSA) is 105 Å². The standard InChI is InChI=1S/C19H21NO6/c1-25-18(24)20-19(11-12-21,17(22)23)15-7-9-16(10-8-15)26-13-14-5-3-2-4-6-14/h2-10,21H,11-13H2,1H3,(H,20,24)(H,22,23)/t19-/m0/s1. The first-order valence-corrected chi connectivity index (χ1v) is 7.99. The van der Waals surface area contributed by atoms with E-state index in [1.165, 1.54) is 0 Å². The molecule has 0 aromatic heterocycles. The van der Waals surface area contributed by atoms with E-state index in [1.807, 2.05) is 30.3 Å². The highest BCUT2D eigenvalue weighted by Crippen LogP contribution is 2.28. The average Bonchev–Trinajstić information content (AvgIpc) is 2.67. The summed E-state index contributed by atoms with van der Waals surface area (Å²) in [4.78, 5) is 23.4. The second kappa shape index (κ2) is 8.87. The van der Waals surface area contributed by atoms with Gasteiger partial charge in [-0.05, 0) is 23.3 Å². The molecule has 0 aliphatic rings. The number of ether oxygens (including phenoxy) is 2. The number of hydrogen-bond acceptors (Lipinski definition) is 5. The van der Waals surface area contributed by atoms with Crippen molar-refractivity contribution in [2.75, 3.05) is 13.7 Å². The number of aliphatic hydroxyl groups excluding tert-OH is 1. The van der Waals surface area contributed by atoms with Crippen molar-refractivity contribution in [2.45, 2.75) is 18.6 Å². The number of aliphatic carboxylic acids is 1. The Balaban J connectivity index is 2.20. The van der Waals surface area contributed by atoms with Gasteiger partial charge in [-0.1, -0.05) is 42.5 Å². The van der Waals surface area contributed by atoms with Gasteiger partial charge >= 0.3 is 12.1 Å². The van der Waals surface area contributed by atoms with Crippen molar-refractivity contribution < 1.29 is 29.3 Å². The van der Waals surface area contributed by atoms with Crippen LogP contribution in [0.1, 0.15) is 17.5 Å². The van der Waals surface area contributed by atoms with Crippen molar-refractivity contribution in [1.82, 2.24) is 5.32 Å². The van der Waals surface area contributed by atoms with E-state index < -0.39 is 24.2 Å². The Morgan fingerprint density at radius 1 is 1.08 bits per heavy atom. The van der Waals surface area contributed by atoms with Crippen LogP contribution in [0, 0.1) is 0 Å². The van der Waals surface area contributed by atoms with Crippen LogP contribution in [-0.4, -0.2) is 36.0 Å². The molecule has 0 bridgehead atoms. The molecule has 138 valence electrons. The van der Waals surface area contributed by atoms with Crippen molar-refractivity contribution in [1.29, 1.82) is 0 Å². The second-order valence-electron chi connectivity index (χ2n) is 5.60. The maximum absolute atomic E-state index is 11.8. The summed E-state index contributed by atoms with van der Waals surface area (Å²) in [6, 6.07) is 15.9. The minimum Gasteiger partial charge on any atom is -0.489 e. The molecule has 0 fully saturated rings. The van der Waals surface area contributed by atoms with Gasteiger partial charge in [0.05, 0.1) is 7.11 Å². The van der Waals surface area contributed by atoms with Gasteiger partial charge in [0.25, 0.3) is 0 Å². The van der Waals surface area contributed by atoms with E-state index in [0.29, 0.717) is 17.9 Å². The molecule has 1 amide bonds. The van der Waals surface area contributed by atoms with E-state index in [2.05, 4.69) is 10.1 Å². The fourth-order valence-corrected chi connectivity index (χ4v) is 2.53. The molecule has 2 aromatic rings. The van der Waals surface area contributed by atoms with E-state index in [1.54, 1.807) is 24.3 Å². The third-order valence-corrected chi connectivity index (χ3v) is 3.95. The molecule has 0 heterocycles. The number of carbonyl (C=O) groups excluding carboxylic acids is 1. The lowest BCUT2D eigenvalue weighted by Crippen LogP contribution is -2.52. The van der Waals surface area contributed by atoms with Gasteiger partial charge in [0.15, 0.2) is 5.54 Å². The number of nitrogens with one attached hydrogen (secondary N) is 1. The zero-order chi connectivity index (χ0) is 19.0. The van der Waals surface area contributed by atoms with E-state index in [4.69, 9.17) is 4.74 Å². The summed E-state index contributed by atoms with van der Waals surface area (Å²) >= 11 is 0. The summed E-state index contributed by atoms with van der Waals surface area (Å²) in [6.07, 6.45) is -1.10. The largest absolute Gasteiger partial charge is 0.489 e. The molecule has 0 aliphatic heterocycles. The number of carbonyl (C=O) groups is 2. The van der Waals surface area contributed by atoms with Crippen molar-refractivity contribution in [3.8, 4) is 5.75 Å². The van der Waals surface area contributed by atoms with Crippen LogP contribution < -0.4 is 10.1 Å². The SMILES string of the molecule is COC(=O)N[C@](CCO)(C(=O)O)c1ccc(OCc2ccccc2)cc1. The number of carboxylic acid groups (broad SMARTS) is 1. The van der Waals surface area contributed by atoms with Crippen molar-refractivity contribution >= 4 is 12.1 Å². The smallest absolute Gasteiger partial charge is 0.408 e. The molecular weight excluding hydrogens is 338 g/mol. The summed E-state index contributed by atoms with van der Waals surface area (Å²) in [5, 5.41) is 21.3. The molecule has 7 heteroatoms. The van der Waals surface area contributed by atoms with Gasteiger partial charge in [-0.25, -0.2) is 9.59 Å². The minimum atomic E-state index is -1.79. The summed E-state index contributed by atoms with van der Waals surface area (Å²) in [5.74, 6) is -0.742. The quantitative estimate of drug-likeness (QED) is 0.668. The summed E-state index contributed by atoms with van der Waals surface area (Å²) < 4.78 is 10.2. The molecule has 0 unspecified atom stereocenters. The van der Waals surface area contributed by atoms with Crippen molar-refractivity contribution in [3.63, 3.8) is 0 Å². The molecule has 0 saturated heterocycles. The zero-order valence-electron chi connectivity index (χ0n) is 14.3. The van der Waals surface area contributed by atoms with Crippen LogP contribution in [0.25, 0.3) is 0 Å². The van der Waals surface area contributed by atoms with Gasteiger partial charge in [0.2, 0.25) is 0 Å². The van der Waals surface area contributed by atoms with Gasteiger partial charge in [-0.15, -0.1) is 0 Å². The minimum absolute atomic E-state index is 0.207. The van der Waals surface area contributed by atoms with Crippen LogP contribution in [-0.2, 0) is 21.7 Å². The summed E-state index contributed by atoms with van der Waals surface area (Å²) in [5.41, 5.74) is -0.486. The lowest BCUT2D eigenvalue weighted by Gasteiger charge is -2.30. The summed E-state index contributed by atoms with van der Waals surface area (Å²) in [7, 11) is 1.14. The van der Waals surface area contributed by atoms with E-state index in [0.717, 1.165) is 12.7 Å². The number of methoxy groups -OCH3 is 1. The van der Waals surface area contributed by atoms with E-state index in [9.17, 15) is 19.8 Å². The molecule has 7 nitrogen and oxygen atoms in total. The lowest BCUT2D eigenvalue weighted by atomic mass is 9.87. The van der Waals surface area contributed by atoms with E-state index >= 15 is 0 Å². The number of aliphatic hydroxyl groups is 1. The number of rotatable bonds is 8. The molecule has 2 rings (SSSR count). The van der Waals surface area contributed by atoms with Crippen molar-refractivity contribution in [2.24, 2.45) is 0 Å². The Morgan fingerprint density at radius 3 is 2.27 bits per heavy atom. The fourth-order valence-electron chi connectivity index (χ4n) is 2.53. The fraction of sp³-hybridized carbons (Fsp3) is 0.263. The molecule has 1 atom stereocenters. The Kier molecular flexibility index (Phi) is 6.57. The van der Waals surface area contributed by atoms with Crippen LogP contribution in [0.2, 0.25) is 0 Å². The Morgan fingerprint density at radius 2 is 1.73 bits per heavy atom. The van der Waals surface area contributed by atoms with Gasteiger partial charge in [0, 0.05) is 13.0 Å². The number of hydrogen-bond donors (Lipinski definition) is 3. The predicted molar refractivity (Wildman–Crippen MR) is 93.8 cm³/mol. The van der Waals surface area contributed by atoms with Crippen molar-refractivity contribution in [3.05, 3.63) is 65.7 Å². The monoisotopic (exact) mass is 359 g/mol. The second-order valence-corrected chi connectivity index (χ2v) is 5.60. The number of alkyl carbamates (subject to hydrolysis) is 1. The van der Waals surface area contributed by atoms with Gasteiger partial charge in [-0.3, -0.25) is 0 Å². The normalized spacial score (nSPS) is 12.7. The molecular formula is C19H21NO6. The first kappa shape index (κ1) is 19.3. The van der Waals surface area contributed by atoms with Crippen LogP contribution in [0.4, 0.5) is 4.79 Å². The summed E-state index contributed by atoms with van der Waals surface area (Å²) in [6.45, 7) is -0.0517. The van der Waals surface area contributed by atoms with Gasteiger partial charge in [0.1, 0.15) is 12.4 Å². The van der Waals surface area contributed by atoms with Crippen LogP contribution in [0.15, 0.2) is 54.6 Å². The maximum Gasteiger partial charge on any atom is 0.408 e. The Labute approximate surface area is 151 Å². The Hall–Kier alpha value is -3.06. The first-order valence-electron chi connectivity index (χ1n) is 7.99. The highest BCUT2D eigenvalue weighted by molar-refractivity contribution is 5.86. The molecule has 0 spiro atoms. The predicted octanol–water partition coefficient (Wildman–Crippen LogP) is 2.28. The first-order chi connectivity index (χ1) is 12.5. The highest BCUT2D eigenvalue weighted by Gasteiger charge is 2.42. The Bertz CT molecular complexity index is 731. The number of carboxylic acids is 1. The van der Waals surface area contributed by atoms with Crippen LogP contribution in [0.5, 0.6) is 5.75 Å².